The molecule has 3 nitrogen and oxygen atoms in total. The van der Waals surface area contributed by atoms with Crippen LogP contribution in [0.4, 0.5) is 0 Å². The maximum atomic E-state index is 12.0. The third-order valence-electron chi connectivity index (χ3n) is 2.78. The molecule has 1 rings (SSSR count). The Kier molecular flexibility index (Phi) is 4.17. The monoisotopic (exact) mass is 255 g/mol. The minimum absolute atomic E-state index is 0.235. The van der Waals surface area contributed by atoms with Gasteiger partial charge in [0.2, 0.25) is 0 Å². The lowest BCUT2D eigenvalue weighted by Gasteiger charge is -2.29. The number of halogens is 1. The zero-order chi connectivity index (χ0) is 13.2. The summed E-state index contributed by atoms with van der Waals surface area (Å²) in [4.78, 5) is 12.0. The van der Waals surface area contributed by atoms with Gasteiger partial charge in [-0.2, -0.15) is 0 Å². The van der Waals surface area contributed by atoms with E-state index < -0.39 is 11.6 Å². The summed E-state index contributed by atoms with van der Waals surface area (Å²) < 4.78 is 0. The lowest BCUT2D eigenvalue weighted by Crippen LogP contribution is -2.50. The van der Waals surface area contributed by atoms with Crippen molar-refractivity contribution in [3.8, 4) is 0 Å². The number of nitrogens with one attached hydrogen (secondary N) is 1. The first-order valence-corrected chi connectivity index (χ1v) is 5.88. The molecule has 2 N–H and O–H groups in total. The molecular formula is C13H18ClNO2. The van der Waals surface area contributed by atoms with Crippen LogP contribution in [0.1, 0.15) is 36.7 Å². The van der Waals surface area contributed by atoms with Crippen LogP contribution in [0.25, 0.3) is 0 Å². The predicted molar refractivity (Wildman–Crippen MR) is 69.4 cm³/mol. The molecule has 1 unspecified atom stereocenters. The molecule has 0 heterocycles. The number of carbonyl (C=O) groups is 1. The summed E-state index contributed by atoms with van der Waals surface area (Å²) in [5.41, 5.74) is 0.758. The van der Waals surface area contributed by atoms with Gasteiger partial charge in [0.15, 0.2) is 0 Å². The minimum Gasteiger partial charge on any atom is -0.391 e. The molecule has 0 aliphatic rings. The summed E-state index contributed by atoms with van der Waals surface area (Å²) in [6.07, 6.45) is -0.633. The van der Waals surface area contributed by atoms with Crippen molar-refractivity contribution in [2.45, 2.75) is 39.3 Å². The molecule has 1 atom stereocenters. The van der Waals surface area contributed by atoms with Crippen molar-refractivity contribution in [3.63, 3.8) is 0 Å². The van der Waals surface area contributed by atoms with E-state index in [9.17, 15) is 9.90 Å². The van der Waals surface area contributed by atoms with Crippen LogP contribution in [-0.2, 0) is 0 Å². The number of hydrogen-bond acceptors (Lipinski definition) is 2. The number of aliphatic hydroxyl groups excluding tert-OH is 1. The predicted octanol–water partition coefficient (Wildman–Crippen LogP) is 2.54. The fourth-order valence-electron chi connectivity index (χ4n) is 1.34. The first-order chi connectivity index (χ1) is 7.72. The van der Waals surface area contributed by atoms with E-state index in [1.165, 1.54) is 0 Å². The zero-order valence-electron chi connectivity index (χ0n) is 10.5. The van der Waals surface area contributed by atoms with Crippen LogP contribution in [0.15, 0.2) is 18.2 Å². The van der Waals surface area contributed by atoms with Crippen molar-refractivity contribution in [3.05, 3.63) is 34.3 Å². The van der Waals surface area contributed by atoms with Crippen molar-refractivity contribution < 1.29 is 9.90 Å². The molecule has 0 saturated carbocycles. The summed E-state index contributed by atoms with van der Waals surface area (Å²) in [5, 5.41) is 12.9. The Balaban J connectivity index is 2.91. The van der Waals surface area contributed by atoms with Gasteiger partial charge in [0.25, 0.3) is 5.91 Å². The van der Waals surface area contributed by atoms with E-state index in [2.05, 4.69) is 5.32 Å². The van der Waals surface area contributed by atoms with E-state index >= 15 is 0 Å². The minimum atomic E-state index is -0.673. The smallest absolute Gasteiger partial charge is 0.251 e. The van der Waals surface area contributed by atoms with Gasteiger partial charge in [0.05, 0.1) is 11.6 Å². The van der Waals surface area contributed by atoms with E-state index in [0.717, 1.165) is 5.56 Å². The summed E-state index contributed by atoms with van der Waals surface area (Å²) in [7, 11) is 0. The molecule has 0 fully saturated rings. The van der Waals surface area contributed by atoms with Gasteiger partial charge >= 0.3 is 0 Å². The second kappa shape index (κ2) is 5.07. The highest BCUT2D eigenvalue weighted by Crippen LogP contribution is 2.16. The summed E-state index contributed by atoms with van der Waals surface area (Å²) in [5.74, 6) is -0.235. The van der Waals surface area contributed by atoms with Gasteiger partial charge in [-0.05, 0) is 51.5 Å². The third kappa shape index (κ3) is 3.72. The average Bonchev–Trinajstić information content (AvgIpc) is 2.15. The molecule has 1 amide bonds. The van der Waals surface area contributed by atoms with Crippen molar-refractivity contribution in [2.75, 3.05) is 0 Å². The number of aliphatic hydroxyl groups is 1. The molecule has 94 valence electrons. The van der Waals surface area contributed by atoms with Gasteiger partial charge in [0, 0.05) is 10.6 Å². The number of aryl methyl sites for hydroxylation is 1. The Bertz CT molecular complexity index is 407. The zero-order valence-corrected chi connectivity index (χ0v) is 11.3. The highest BCUT2D eigenvalue weighted by atomic mass is 35.5. The van der Waals surface area contributed by atoms with Crippen LogP contribution in [0, 0.1) is 6.92 Å². The van der Waals surface area contributed by atoms with Gasteiger partial charge in [0.1, 0.15) is 0 Å². The maximum absolute atomic E-state index is 12.0. The maximum Gasteiger partial charge on any atom is 0.251 e. The van der Waals surface area contributed by atoms with Gasteiger partial charge in [-0.25, -0.2) is 0 Å². The molecule has 1 aromatic rings. The van der Waals surface area contributed by atoms with Crippen molar-refractivity contribution in [1.29, 1.82) is 0 Å². The number of amides is 1. The fraction of sp³-hybridized carbons (Fsp3) is 0.462. The number of benzene rings is 1. The van der Waals surface area contributed by atoms with Crippen LogP contribution >= 0.6 is 11.6 Å². The summed E-state index contributed by atoms with van der Waals surface area (Å²) >= 11 is 5.90. The number of hydrogen-bond donors (Lipinski definition) is 2. The van der Waals surface area contributed by atoms with Crippen molar-refractivity contribution in [1.82, 2.24) is 5.32 Å². The van der Waals surface area contributed by atoms with Crippen LogP contribution in [0.5, 0.6) is 0 Å². The van der Waals surface area contributed by atoms with Gasteiger partial charge in [-0.15, -0.1) is 0 Å². The lowest BCUT2D eigenvalue weighted by atomic mass is 9.98. The Morgan fingerprint density at radius 1 is 1.41 bits per heavy atom. The Labute approximate surface area is 107 Å². The number of carbonyl (C=O) groups excluding carboxylic acids is 1. The lowest BCUT2D eigenvalue weighted by molar-refractivity contribution is 0.0709. The highest BCUT2D eigenvalue weighted by Gasteiger charge is 2.26. The fourth-order valence-corrected chi connectivity index (χ4v) is 1.63. The molecule has 0 bridgehead atoms. The Morgan fingerprint density at radius 2 is 2.00 bits per heavy atom. The molecule has 1 aromatic carbocycles. The first kappa shape index (κ1) is 14.0. The first-order valence-electron chi connectivity index (χ1n) is 5.50. The van der Waals surface area contributed by atoms with Crippen LogP contribution in [-0.4, -0.2) is 22.7 Å². The second-order valence-electron chi connectivity index (χ2n) is 4.87. The largest absolute Gasteiger partial charge is 0.391 e. The van der Waals surface area contributed by atoms with Gasteiger partial charge in [-0.1, -0.05) is 11.6 Å². The second-order valence-corrected chi connectivity index (χ2v) is 5.31. The van der Waals surface area contributed by atoms with E-state index in [0.29, 0.717) is 10.6 Å². The molecule has 17 heavy (non-hydrogen) atoms. The Hall–Kier alpha value is -1.06. The summed E-state index contributed by atoms with van der Waals surface area (Å²) in [6.45, 7) is 7.06. The molecule has 0 spiro atoms. The molecule has 4 heteroatoms. The van der Waals surface area contributed by atoms with Crippen LogP contribution in [0.2, 0.25) is 5.02 Å². The van der Waals surface area contributed by atoms with Gasteiger partial charge < -0.3 is 10.4 Å². The normalized spacial score (nSPS) is 13.3. The van der Waals surface area contributed by atoms with Crippen LogP contribution in [0.3, 0.4) is 0 Å². The molecule has 0 saturated heterocycles. The number of rotatable bonds is 3. The standard InChI is InChI=1S/C13H18ClNO2/c1-8-5-10(7-11(14)6-8)12(17)15-13(3,4)9(2)16/h5-7,9,16H,1-4H3,(H,15,17). The van der Waals surface area contributed by atoms with Crippen molar-refractivity contribution >= 4 is 17.5 Å². The Morgan fingerprint density at radius 3 is 2.47 bits per heavy atom. The summed E-state index contributed by atoms with van der Waals surface area (Å²) in [6, 6.07) is 5.17. The molecule has 0 aliphatic carbocycles. The SMILES string of the molecule is Cc1cc(Cl)cc(C(=O)NC(C)(C)C(C)O)c1. The molecule has 0 radical (unpaired) electrons. The van der Waals surface area contributed by atoms with Crippen LogP contribution < -0.4 is 5.32 Å². The topological polar surface area (TPSA) is 49.3 Å². The van der Waals surface area contributed by atoms with Crippen molar-refractivity contribution in [2.24, 2.45) is 0 Å². The van der Waals surface area contributed by atoms with Gasteiger partial charge in [-0.3, -0.25) is 4.79 Å². The molecule has 0 aliphatic heterocycles. The van der Waals surface area contributed by atoms with E-state index in [1.54, 1.807) is 39.0 Å². The highest BCUT2D eigenvalue weighted by molar-refractivity contribution is 6.31. The van der Waals surface area contributed by atoms with E-state index in [1.807, 2.05) is 6.92 Å². The third-order valence-corrected chi connectivity index (χ3v) is 3.00. The molecular weight excluding hydrogens is 238 g/mol. The van der Waals surface area contributed by atoms with E-state index in [4.69, 9.17) is 11.6 Å². The molecule has 0 aromatic heterocycles. The van der Waals surface area contributed by atoms with E-state index in [-0.39, 0.29) is 5.91 Å². The quantitative estimate of drug-likeness (QED) is 0.872. The average molecular weight is 256 g/mol.